The van der Waals surface area contributed by atoms with Crippen LogP contribution in [0.1, 0.15) is 19.4 Å². The Morgan fingerprint density at radius 3 is 2.42 bits per heavy atom. The van der Waals surface area contributed by atoms with Crippen molar-refractivity contribution in [3.8, 4) is 5.75 Å². The predicted molar refractivity (Wildman–Crippen MR) is 78.5 cm³/mol. The number of aliphatic hydroxyl groups excluding tert-OH is 1. The van der Waals surface area contributed by atoms with Gasteiger partial charge in [-0.05, 0) is 45.0 Å². The van der Waals surface area contributed by atoms with Crippen LogP contribution in [0.15, 0.2) is 24.3 Å². The van der Waals surface area contributed by atoms with Gasteiger partial charge >= 0.3 is 0 Å². The maximum absolute atomic E-state index is 9.46. The van der Waals surface area contributed by atoms with Crippen LogP contribution in [0.2, 0.25) is 0 Å². The summed E-state index contributed by atoms with van der Waals surface area (Å²) >= 11 is 0. The lowest BCUT2D eigenvalue weighted by Crippen LogP contribution is -2.35. The molecule has 19 heavy (non-hydrogen) atoms. The minimum atomic E-state index is -0.438. The Labute approximate surface area is 116 Å². The summed E-state index contributed by atoms with van der Waals surface area (Å²) in [4.78, 5) is 2.09. The van der Waals surface area contributed by atoms with Crippen molar-refractivity contribution in [1.82, 2.24) is 4.90 Å². The van der Waals surface area contributed by atoms with Crippen molar-refractivity contribution >= 4 is 0 Å². The number of ether oxygens (including phenoxy) is 1. The van der Waals surface area contributed by atoms with Crippen LogP contribution in [0.4, 0.5) is 0 Å². The molecule has 1 aromatic rings. The van der Waals surface area contributed by atoms with Gasteiger partial charge in [0, 0.05) is 19.6 Å². The standard InChI is InChI=1S/C15H26N2O2/c1-12(2)19-15-6-4-13(5-7-15)8-9-17(3)11-14(18)10-16/h4-7,12,14,18H,8-11,16H2,1-3H3. The number of benzene rings is 1. The Morgan fingerprint density at radius 2 is 1.89 bits per heavy atom. The average Bonchev–Trinajstić information content (AvgIpc) is 2.37. The van der Waals surface area contributed by atoms with E-state index in [0.717, 1.165) is 18.7 Å². The molecule has 0 bridgehead atoms. The van der Waals surface area contributed by atoms with E-state index < -0.39 is 6.10 Å². The molecule has 3 N–H and O–H groups in total. The Hall–Kier alpha value is -1.10. The summed E-state index contributed by atoms with van der Waals surface area (Å²) < 4.78 is 5.60. The van der Waals surface area contributed by atoms with Crippen LogP contribution in [-0.4, -0.2) is 48.9 Å². The van der Waals surface area contributed by atoms with Gasteiger partial charge in [-0.2, -0.15) is 0 Å². The molecule has 0 aliphatic rings. The summed E-state index contributed by atoms with van der Waals surface area (Å²) in [7, 11) is 2.00. The third kappa shape index (κ3) is 6.57. The van der Waals surface area contributed by atoms with Crippen molar-refractivity contribution in [1.29, 1.82) is 0 Å². The van der Waals surface area contributed by atoms with Crippen LogP contribution in [-0.2, 0) is 6.42 Å². The maximum atomic E-state index is 9.46. The number of aliphatic hydroxyl groups is 1. The van der Waals surface area contributed by atoms with E-state index in [-0.39, 0.29) is 6.10 Å². The molecular formula is C15H26N2O2. The fourth-order valence-corrected chi connectivity index (χ4v) is 1.85. The molecule has 1 aromatic carbocycles. The molecule has 0 aromatic heterocycles. The second-order valence-electron chi connectivity index (χ2n) is 5.21. The van der Waals surface area contributed by atoms with Crippen molar-refractivity contribution in [3.63, 3.8) is 0 Å². The molecule has 0 amide bonds. The van der Waals surface area contributed by atoms with Crippen molar-refractivity contribution in [2.75, 3.05) is 26.7 Å². The van der Waals surface area contributed by atoms with Crippen LogP contribution in [0.25, 0.3) is 0 Å². The van der Waals surface area contributed by atoms with Crippen LogP contribution < -0.4 is 10.5 Å². The van der Waals surface area contributed by atoms with E-state index in [9.17, 15) is 5.11 Å². The quantitative estimate of drug-likeness (QED) is 0.744. The number of hydrogen-bond acceptors (Lipinski definition) is 4. The monoisotopic (exact) mass is 266 g/mol. The number of likely N-dealkylation sites (N-methyl/N-ethyl adjacent to an activating group) is 1. The molecule has 108 valence electrons. The zero-order valence-electron chi connectivity index (χ0n) is 12.2. The minimum Gasteiger partial charge on any atom is -0.491 e. The van der Waals surface area contributed by atoms with Crippen molar-refractivity contribution < 1.29 is 9.84 Å². The fraction of sp³-hybridized carbons (Fsp3) is 0.600. The normalized spacial score (nSPS) is 13.0. The molecule has 0 aliphatic heterocycles. The van der Waals surface area contributed by atoms with Crippen molar-refractivity contribution in [2.45, 2.75) is 32.5 Å². The summed E-state index contributed by atoms with van der Waals surface area (Å²) in [5, 5.41) is 9.46. The van der Waals surface area contributed by atoms with Gasteiger partial charge in [0.25, 0.3) is 0 Å². The molecule has 1 atom stereocenters. The molecule has 0 saturated carbocycles. The second kappa shape index (κ2) is 8.15. The SMILES string of the molecule is CC(C)Oc1ccc(CCN(C)CC(O)CN)cc1. The number of rotatable bonds is 8. The Bertz CT molecular complexity index is 352. The van der Waals surface area contributed by atoms with Gasteiger partial charge in [0.1, 0.15) is 5.75 Å². The highest BCUT2D eigenvalue weighted by molar-refractivity contribution is 5.27. The molecule has 0 spiro atoms. The maximum Gasteiger partial charge on any atom is 0.119 e. The second-order valence-corrected chi connectivity index (χ2v) is 5.21. The van der Waals surface area contributed by atoms with E-state index in [1.165, 1.54) is 5.56 Å². The average molecular weight is 266 g/mol. The lowest BCUT2D eigenvalue weighted by atomic mass is 10.1. The highest BCUT2D eigenvalue weighted by Gasteiger charge is 2.06. The third-order valence-corrected chi connectivity index (χ3v) is 2.87. The van der Waals surface area contributed by atoms with Gasteiger partial charge in [0.15, 0.2) is 0 Å². The van der Waals surface area contributed by atoms with Gasteiger partial charge in [-0.3, -0.25) is 0 Å². The van der Waals surface area contributed by atoms with Gasteiger partial charge < -0.3 is 20.5 Å². The Kier molecular flexibility index (Phi) is 6.84. The van der Waals surface area contributed by atoms with Gasteiger partial charge in [0.2, 0.25) is 0 Å². The lowest BCUT2D eigenvalue weighted by molar-refractivity contribution is 0.133. The number of nitrogens with zero attached hydrogens (tertiary/aromatic N) is 1. The highest BCUT2D eigenvalue weighted by Crippen LogP contribution is 2.14. The van der Waals surface area contributed by atoms with E-state index in [1.807, 2.05) is 33.0 Å². The van der Waals surface area contributed by atoms with E-state index in [4.69, 9.17) is 10.5 Å². The van der Waals surface area contributed by atoms with E-state index in [0.29, 0.717) is 13.1 Å². The van der Waals surface area contributed by atoms with Crippen LogP contribution in [0.5, 0.6) is 5.75 Å². The fourth-order valence-electron chi connectivity index (χ4n) is 1.85. The smallest absolute Gasteiger partial charge is 0.119 e. The predicted octanol–water partition coefficient (Wildman–Crippen LogP) is 1.27. The number of hydrogen-bond donors (Lipinski definition) is 2. The molecule has 0 radical (unpaired) electrons. The summed E-state index contributed by atoms with van der Waals surface area (Å²) in [6.45, 7) is 5.87. The zero-order chi connectivity index (χ0) is 14.3. The van der Waals surface area contributed by atoms with E-state index >= 15 is 0 Å². The van der Waals surface area contributed by atoms with Gasteiger partial charge in [-0.1, -0.05) is 12.1 Å². The van der Waals surface area contributed by atoms with Gasteiger partial charge in [-0.15, -0.1) is 0 Å². The summed E-state index contributed by atoms with van der Waals surface area (Å²) in [6.07, 6.45) is 0.719. The van der Waals surface area contributed by atoms with Crippen LogP contribution in [0.3, 0.4) is 0 Å². The largest absolute Gasteiger partial charge is 0.491 e. The molecule has 1 rings (SSSR count). The van der Waals surface area contributed by atoms with E-state index in [1.54, 1.807) is 0 Å². The first-order valence-electron chi connectivity index (χ1n) is 6.83. The highest BCUT2D eigenvalue weighted by atomic mass is 16.5. The first kappa shape index (κ1) is 16.0. The first-order valence-corrected chi connectivity index (χ1v) is 6.83. The summed E-state index contributed by atoms with van der Waals surface area (Å²) in [5.41, 5.74) is 6.66. The van der Waals surface area contributed by atoms with Gasteiger partial charge in [-0.25, -0.2) is 0 Å². The zero-order valence-corrected chi connectivity index (χ0v) is 12.2. The molecule has 4 nitrogen and oxygen atoms in total. The molecule has 0 heterocycles. The lowest BCUT2D eigenvalue weighted by Gasteiger charge is -2.19. The van der Waals surface area contributed by atoms with Gasteiger partial charge in [0.05, 0.1) is 12.2 Å². The molecular weight excluding hydrogens is 240 g/mol. The summed E-state index contributed by atoms with van der Waals surface area (Å²) in [6, 6.07) is 8.18. The molecule has 0 aliphatic carbocycles. The van der Waals surface area contributed by atoms with Crippen LogP contribution >= 0.6 is 0 Å². The number of nitrogens with two attached hydrogens (primary N) is 1. The van der Waals surface area contributed by atoms with Crippen molar-refractivity contribution in [2.24, 2.45) is 5.73 Å². The first-order chi connectivity index (χ1) is 9.01. The topological polar surface area (TPSA) is 58.7 Å². The Balaban J connectivity index is 2.37. The van der Waals surface area contributed by atoms with Crippen LogP contribution in [0, 0.1) is 0 Å². The molecule has 1 unspecified atom stereocenters. The van der Waals surface area contributed by atoms with Crippen molar-refractivity contribution in [3.05, 3.63) is 29.8 Å². The van der Waals surface area contributed by atoms with E-state index in [2.05, 4.69) is 17.0 Å². The molecule has 0 fully saturated rings. The summed E-state index contributed by atoms with van der Waals surface area (Å²) in [5.74, 6) is 0.908. The molecule has 4 heteroatoms. The Morgan fingerprint density at radius 1 is 1.26 bits per heavy atom. The molecule has 0 saturated heterocycles. The third-order valence-electron chi connectivity index (χ3n) is 2.87. The minimum absolute atomic E-state index is 0.203.